The van der Waals surface area contributed by atoms with Crippen molar-refractivity contribution in [3.8, 4) is 11.1 Å². The van der Waals surface area contributed by atoms with E-state index in [4.69, 9.17) is 23.2 Å². The zero-order valence-corrected chi connectivity index (χ0v) is 16.5. The molecule has 134 valence electrons. The number of aromatic nitrogens is 3. The molecule has 0 saturated heterocycles. The predicted molar refractivity (Wildman–Crippen MR) is 109 cm³/mol. The molecule has 0 aliphatic rings. The van der Waals surface area contributed by atoms with E-state index in [1.54, 1.807) is 31.3 Å². The number of hydrogen-bond donors (Lipinski definition) is 1. The zero-order chi connectivity index (χ0) is 18.7. The minimum absolute atomic E-state index is 0.140. The van der Waals surface area contributed by atoms with Gasteiger partial charge < -0.3 is 5.32 Å². The van der Waals surface area contributed by atoms with Gasteiger partial charge in [-0.15, -0.1) is 0 Å². The van der Waals surface area contributed by atoms with Crippen LogP contribution in [0.25, 0.3) is 22.2 Å². The standard InChI is InChI=1S/C18H16Cl2N4OS/c1-3-26-9-15(25)23-18-12(16-13(19)5-4-6-14(16)20)7-11-8-21-10(2)22-17(11)24-18/h4-8H,3,9H2,1-2H3,(H,21,22,23,24,25). The lowest BCUT2D eigenvalue weighted by Gasteiger charge is -2.14. The first-order valence-electron chi connectivity index (χ1n) is 7.96. The fourth-order valence-corrected chi connectivity index (χ4v) is 3.52. The van der Waals surface area contributed by atoms with E-state index in [-0.39, 0.29) is 5.91 Å². The van der Waals surface area contributed by atoms with Crippen molar-refractivity contribution in [2.45, 2.75) is 13.8 Å². The van der Waals surface area contributed by atoms with Crippen molar-refractivity contribution in [3.05, 3.63) is 46.3 Å². The van der Waals surface area contributed by atoms with Gasteiger partial charge in [-0.05, 0) is 30.9 Å². The van der Waals surface area contributed by atoms with Crippen LogP contribution in [0.3, 0.4) is 0 Å². The topological polar surface area (TPSA) is 67.8 Å². The average molecular weight is 407 g/mol. The lowest BCUT2D eigenvalue weighted by Crippen LogP contribution is -2.16. The largest absolute Gasteiger partial charge is 0.309 e. The summed E-state index contributed by atoms with van der Waals surface area (Å²) in [5, 5.41) is 4.55. The number of hydrogen-bond acceptors (Lipinski definition) is 5. The van der Waals surface area contributed by atoms with E-state index < -0.39 is 0 Å². The van der Waals surface area contributed by atoms with E-state index in [1.807, 2.05) is 13.0 Å². The minimum Gasteiger partial charge on any atom is -0.309 e. The number of nitrogens with zero attached hydrogens (tertiary/aromatic N) is 3. The summed E-state index contributed by atoms with van der Waals surface area (Å²) in [6, 6.07) is 7.11. The number of nitrogens with one attached hydrogen (secondary N) is 1. The second kappa shape index (κ2) is 8.20. The van der Waals surface area contributed by atoms with Gasteiger partial charge in [-0.3, -0.25) is 4.79 Å². The van der Waals surface area contributed by atoms with Crippen molar-refractivity contribution in [2.75, 3.05) is 16.8 Å². The van der Waals surface area contributed by atoms with Gasteiger partial charge in [0.1, 0.15) is 11.6 Å². The molecule has 2 heterocycles. The summed E-state index contributed by atoms with van der Waals surface area (Å²) in [5.41, 5.74) is 1.75. The van der Waals surface area contributed by atoms with Gasteiger partial charge in [-0.2, -0.15) is 11.8 Å². The highest BCUT2D eigenvalue weighted by Crippen LogP contribution is 2.39. The molecule has 1 aromatic carbocycles. The summed E-state index contributed by atoms with van der Waals surface area (Å²) < 4.78 is 0. The molecule has 0 unspecified atom stereocenters. The number of rotatable bonds is 5. The lowest BCUT2D eigenvalue weighted by atomic mass is 10.0. The minimum atomic E-state index is -0.140. The zero-order valence-electron chi connectivity index (χ0n) is 14.2. The van der Waals surface area contributed by atoms with E-state index in [9.17, 15) is 4.79 Å². The monoisotopic (exact) mass is 406 g/mol. The van der Waals surface area contributed by atoms with Crippen molar-refractivity contribution in [1.82, 2.24) is 15.0 Å². The van der Waals surface area contributed by atoms with Gasteiger partial charge >= 0.3 is 0 Å². The molecule has 1 N–H and O–H groups in total. The molecule has 2 aromatic heterocycles. The van der Waals surface area contributed by atoms with Gasteiger partial charge in [0, 0.05) is 22.7 Å². The van der Waals surface area contributed by atoms with E-state index in [0.717, 1.165) is 11.1 Å². The molecule has 0 saturated carbocycles. The molecule has 0 aliphatic carbocycles. The Kier molecular flexibility index (Phi) is 5.96. The fraction of sp³-hybridized carbons (Fsp3) is 0.222. The van der Waals surface area contributed by atoms with Crippen molar-refractivity contribution >= 4 is 57.7 Å². The maximum absolute atomic E-state index is 12.3. The van der Waals surface area contributed by atoms with Crippen LogP contribution >= 0.6 is 35.0 Å². The van der Waals surface area contributed by atoms with Gasteiger partial charge in [0.15, 0.2) is 5.65 Å². The number of thioether (sulfide) groups is 1. The van der Waals surface area contributed by atoms with Crippen LogP contribution in [0.2, 0.25) is 10.0 Å². The average Bonchev–Trinajstić information content (AvgIpc) is 2.60. The first-order valence-corrected chi connectivity index (χ1v) is 9.87. The Balaban J connectivity index is 2.17. The Bertz CT molecular complexity index is 961. The van der Waals surface area contributed by atoms with Crippen LogP contribution < -0.4 is 5.32 Å². The molecule has 0 atom stereocenters. The van der Waals surface area contributed by atoms with Gasteiger partial charge in [0.25, 0.3) is 0 Å². The third-order valence-electron chi connectivity index (χ3n) is 3.62. The number of benzene rings is 1. The van der Waals surface area contributed by atoms with Crippen LogP contribution in [0.4, 0.5) is 5.82 Å². The third kappa shape index (κ3) is 4.09. The molecule has 0 aliphatic heterocycles. The Labute approximate surface area is 165 Å². The van der Waals surface area contributed by atoms with Crippen LogP contribution in [0.15, 0.2) is 30.5 Å². The highest BCUT2D eigenvalue weighted by molar-refractivity contribution is 7.99. The number of carbonyl (C=O) groups is 1. The van der Waals surface area contributed by atoms with Crippen molar-refractivity contribution in [3.63, 3.8) is 0 Å². The van der Waals surface area contributed by atoms with Gasteiger partial charge in [0.05, 0.1) is 15.8 Å². The summed E-state index contributed by atoms with van der Waals surface area (Å²) in [7, 11) is 0. The van der Waals surface area contributed by atoms with E-state index in [1.165, 1.54) is 11.8 Å². The fourth-order valence-electron chi connectivity index (χ4n) is 2.45. The first kappa shape index (κ1) is 18.9. The second-order valence-electron chi connectivity index (χ2n) is 5.50. The van der Waals surface area contributed by atoms with Crippen molar-refractivity contribution in [2.24, 2.45) is 0 Å². The second-order valence-corrected chi connectivity index (χ2v) is 7.59. The quantitative estimate of drug-likeness (QED) is 0.645. The SMILES string of the molecule is CCSCC(=O)Nc1nc2nc(C)ncc2cc1-c1c(Cl)cccc1Cl. The molecule has 0 radical (unpaired) electrons. The number of pyridine rings is 1. The maximum Gasteiger partial charge on any atom is 0.235 e. The molecule has 0 bridgehead atoms. The van der Waals surface area contributed by atoms with Gasteiger partial charge in [0.2, 0.25) is 5.91 Å². The normalized spacial score (nSPS) is 10.9. The van der Waals surface area contributed by atoms with Crippen LogP contribution in [0.5, 0.6) is 0 Å². The smallest absolute Gasteiger partial charge is 0.235 e. The molecule has 3 aromatic rings. The van der Waals surface area contributed by atoms with E-state index >= 15 is 0 Å². The number of fused-ring (bicyclic) bond motifs is 1. The Morgan fingerprint density at radius 1 is 1.23 bits per heavy atom. The van der Waals surface area contributed by atoms with Crippen LogP contribution in [0.1, 0.15) is 12.7 Å². The third-order valence-corrected chi connectivity index (χ3v) is 5.12. The van der Waals surface area contributed by atoms with Crippen LogP contribution in [-0.4, -0.2) is 32.4 Å². The van der Waals surface area contributed by atoms with Crippen LogP contribution in [-0.2, 0) is 4.79 Å². The number of carbonyl (C=O) groups excluding carboxylic acids is 1. The van der Waals surface area contributed by atoms with E-state index in [2.05, 4.69) is 20.3 Å². The summed E-state index contributed by atoms with van der Waals surface area (Å²) in [5.74, 6) is 2.04. The van der Waals surface area contributed by atoms with Crippen molar-refractivity contribution in [1.29, 1.82) is 0 Å². The number of halogens is 2. The van der Waals surface area contributed by atoms with Crippen LogP contribution in [0, 0.1) is 6.92 Å². The number of amides is 1. The number of anilines is 1. The van der Waals surface area contributed by atoms with E-state index in [0.29, 0.717) is 44.2 Å². The Hall–Kier alpha value is -1.89. The lowest BCUT2D eigenvalue weighted by molar-refractivity contribution is -0.113. The van der Waals surface area contributed by atoms with Crippen molar-refractivity contribution < 1.29 is 4.79 Å². The molecular weight excluding hydrogens is 391 g/mol. The predicted octanol–water partition coefficient (Wildman–Crippen LogP) is 5.00. The first-order chi connectivity index (χ1) is 12.5. The molecule has 0 fully saturated rings. The molecule has 0 spiro atoms. The molecule has 3 rings (SSSR count). The maximum atomic E-state index is 12.3. The Morgan fingerprint density at radius 2 is 1.96 bits per heavy atom. The van der Waals surface area contributed by atoms with Gasteiger partial charge in [-0.25, -0.2) is 15.0 Å². The molecular formula is C18H16Cl2N4OS. The number of aryl methyl sites for hydroxylation is 1. The highest BCUT2D eigenvalue weighted by atomic mass is 35.5. The summed E-state index contributed by atoms with van der Waals surface area (Å²) in [4.78, 5) is 25.3. The molecule has 8 heteroatoms. The summed E-state index contributed by atoms with van der Waals surface area (Å²) >= 11 is 14.3. The molecule has 5 nitrogen and oxygen atoms in total. The Morgan fingerprint density at radius 3 is 2.65 bits per heavy atom. The summed E-state index contributed by atoms with van der Waals surface area (Å²) in [6.07, 6.45) is 1.69. The van der Waals surface area contributed by atoms with Gasteiger partial charge in [-0.1, -0.05) is 36.2 Å². The summed E-state index contributed by atoms with van der Waals surface area (Å²) in [6.45, 7) is 3.79. The highest BCUT2D eigenvalue weighted by Gasteiger charge is 2.17. The molecule has 26 heavy (non-hydrogen) atoms. The molecule has 1 amide bonds.